The quantitative estimate of drug-likeness (QED) is 0.190. The van der Waals surface area contributed by atoms with Crippen LogP contribution in [0.2, 0.25) is 5.02 Å². The zero-order valence-electron chi connectivity index (χ0n) is 24.3. The van der Waals surface area contributed by atoms with Crippen molar-refractivity contribution >= 4 is 35.2 Å². The molecule has 1 heterocycles. The van der Waals surface area contributed by atoms with Crippen molar-refractivity contribution in [3.05, 3.63) is 117 Å². The largest absolute Gasteiger partial charge is 0.497 e. The lowest BCUT2D eigenvalue weighted by atomic mass is 9.85. The molecule has 238 valence electrons. The van der Waals surface area contributed by atoms with Gasteiger partial charge in [-0.2, -0.15) is 13.2 Å². The number of rotatable bonds is 8. The summed E-state index contributed by atoms with van der Waals surface area (Å²) in [5.74, 6) is -3.24. The maximum absolute atomic E-state index is 14.8. The van der Waals surface area contributed by atoms with Crippen LogP contribution in [-0.2, 0) is 12.7 Å². The van der Waals surface area contributed by atoms with E-state index < -0.39 is 52.4 Å². The zero-order chi connectivity index (χ0) is 32.9. The van der Waals surface area contributed by atoms with Gasteiger partial charge in [-0.1, -0.05) is 30.2 Å². The molecule has 6 rings (SSSR count). The number of fused-ring (bicyclic) bond motifs is 1. The van der Waals surface area contributed by atoms with E-state index in [0.717, 1.165) is 31.4 Å². The third-order valence-corrected chi connectivity index (χ3v) is 9.95. The van der Waals surface area contributed by atoms with Crippen molar-refractivity contribution < 1.29 is 36.3 Å². The monoisotopic (exact) mass is 672 g/mol. The van der Waals surface area contributed by atoms with Crippen LogP contribution >= 0.6 is 23.4 Å². The van der Waals surface area contributed by atoms with Crippen LogP contribution < -0.4 is 10.5 Å². The van der Waals surface area contributed by atoms with Crippen molar-refractivity contribution in [2.45, 2.75) is 48.2 Å². The molecule has 0 aromatic heterocycles. The molecule has 0 saturated heterocycles. The van der Waals surface area contributed by atoms with Crippen LogP contribution in [0, 0.1) is 11.6 Å². The Labute approximate surface area is 270 Å². The van der Waals surface area contributed by atoms with Gasteiger partial charge in [0.25, 0.3) is 5.91 Å². The lowest BCUT2D eigenvalue weighted by Gasteiger charge is -2.29. The summed E-state index contributed by atoms with van der Waals surface area (Å²) in [6, 6.07) is 13.3. The average molecular weight is 673 g/mol. The SMILES string of the molecule is COc1ccc(CN2C(=O)c3cc(SC4CCC4)cc(-c4c(C(N)=O)cc(F)cc4C(F)(F)F)c3C2c2cc(F)ccc2Cl)cc1. The lowest BCUT2D eigenvalue weighted by molar-refractivity contribution is -0.137. The van der Waals surface area contributed by atoms with Crippen LogP contribution in [0.15, 0.2) is 71.6 Å². The molecule has 1 aliphatic heterocycles. The number of nitrogens with two attached hydrogens (primary N) is 1. The number of benzene rings is 4. The summed E-state index contributed by atoms with van der Waals surface area (Å²) in [6.45, 7) is -0.0300. The minimum atomic E-state index is -5.11. The normalized spacial score (nSPS) is 16.4. The average Bonchev–Trinajstić information content (AvgIpc) is 3.26. The van der Waals surface area contributed by atoms with E-state index in [9.17, 15) is 31.5 Å². The standard InChI is InChI=1S/C34H26ClF5N2O3S/c1-45-20-8-5-17(6-9-20)16-42-31(23-11-18(36)7-10-28(23)35)30-24(14-22(15-26(30)33(42)44)46-21-3-2-4-21)29-25(32(41)43)12-19(37)13-27(29)34(38,39)40/h5-15,21,31H,2-4,16H2,1H3,(H2,41,43). The molecule has 0 radical (unpaired) electrons. The molecule has 4 aromatic rings. The van der Waals surface area contributed by atoms with Crippen LogP contribution in [0.4, 0.5) is 22.0 Å². The second-order valence-corrected chi connectivity index (χ2v) is 13.0. The summed E-state index contributed by atoms with van der Waals surface area (Å²) in [6.07, 6.45) is -2.35. The summed E-state index contributed by atoms with van der Waals surface area (Å²) in [4.78, 5) is 28.9. The highest BCUT2D eigenvalue weighted by Crippen LogP contribution is 2.51. The number of primary amides is 1. The fourth-order valence-corrected chi connectivity index (χ4v) is 7.48. The summed E-state index contributed by atoms with van der Waals surface area (Å²) in [5.41, 5.74) is 3.53. The maximum Gasteiger partial charge on any atom is 0.417 e. The topological polar surface area (TPSA) is 72.6 Å². The van der Waals surface area contributed by atoms with Gasteiger partial charge in [-0.3, -0.25) is 9.59 Å². The molecule has 1 atom stereocenters. The number of halogens is 6. The number of ether oxygens (including phenoxy) is 1. The van der Waals surface area contributed by atoms with E-state index in [1.807, 2.05) is 0 Å². The van der Waals surface area contributed by atoms with Crippen molar-refractivity contribution in [2.75, 3.05) is 7.11 Å². The van der Waals surface area contributed by atoms with Crippen LogP contribution in [0.25, 0.3) is 11.1 Å². The minimum Gasteiger partial charge on any atom is -0.497 e. The van der Waals surface area contributed by atoms with E-state index in [2.05, 4.69) is 0 Å². The van der Waals surface area contributed by atoms with E-state index >= 15 is 0 Å². The fourth-order valence-electron chi connectivity index (χ4n) is 5.94. The first-order valence-electron chi connectivity index (χ1n) is 14.3. The third kappa shape index (κ3) is 5.93. The highest BCUT2D eigenvalue weighted by Gasteiger charge is 2.44. The summed E-state index contributed by atoms with van der Waals surface area (Å²) < 4.78 is 78.6. The van der Waals surface area contributed by atoms with E-state index in [0.29, 0.717) is 28.3 Å². The number of thioether (sulfide) groups is 1. The Kier molecular flexibility index (Phi) is 8.49. The molecule has 2 aliphatic rings. The Bertz CT molecular complexity index is 1860. The molecule has 1 unspecified atom stereocenters. The molecule has 1 saturated carbocycles. The van der Waals surface area contributed by atoms with Crippen molar-refractivity contribution in [3.8, 4) is 16.9 Å². The number of alkyl halides is 3. The van der Waals surface area contributed by atoms with Crippen LogP contribution in [0.3, 0.4) is 0 Å². The first-order valence-corrected chi connectivity index (χ1v) is 15.6. The van der Waals surface area contributed by atoms with Crippen molar-refractivity contribution in [3.63, 3.8) is 0 Å². The number of nitrogens with zero attached hydrogens (tertiary/aromatic N) is 1. The smallest absolute Gasteiger partial charge is 0.417 e. The van der Waals surface area contributed by atoms with Crippen LogP contribution in [0.5, 0.6) is 5.75 Å². The second-order valence-electron chi connectivity index (χ2n) is 11.2. The van der Waals surface area contributed by atoms with Gasteiger partial charge >= 0.3 is 6.18 Å². The number of methoxy groups -OCH3 is 1. The number of carbonyl (C=O) groups excluding carboxylic acids is 2. The predicted molar refractivity (Wildman–Crippen MR) is 165 cm³/mol. The maximum atomic E-state index is 14.8. The molecule has 12 heteroatoms. The molecule has 5 nitrogen and oxygen atoms in total. The summed E-state index contributed by atoms with van der Waals surface area (Å²) in [7, 11) is 1.50. The highest BCUT2D eigenvalue weighted by atomic mass is 35.5. The van der Waals surface area contributed by atoms with Crippen LogP contribution in [0.1, 0.15) is 68.3 Å². The molecule has 4 aromatic carbocycles. The van der Waals surface area contributed by atoms with Gasteiger partial charge in [0.2, 0.25) is 5.91 Å². The molecule has 1 fully saturated rings. The fraction of sp³-hybridized carbons (Fsp3) is 0.235. The first kappa shape index (κ1) is 31.9. The van der Waals surface area contributed by atoms with E-state index in [1.165, 1.54) is 35.9 Å². The Morgan fingerprint density at radius 3 is 2.30 bits per heavy atom. The predicted octanol–water partition coefficient (Wildman–Crippen LogP) is 8.80. The summed E-state index contributed by atoms with van der Waals surface area (Å²) in [5, 5.41) is 0.244. The van der Waals surface area contributed by atoms with Gasteiger partial charge in [-0.25, -0.2) is 8.78 Å². The van der Waals surface area contributed by atoms with E-state index in [-0.39, 0.29) is 39.1 Å². The summed E-state index contributed by atoms with van der Waals surface area (Å²) >= 11 is 8.01. The van der Waals surface area contributed by atoms with Gasteiger partial charge in [0.15, 0.2) is 0 Å². The van der Waals surface area contributed by atoms with Gasteiger partial charge in [-0.05, 0) is 84.1 Å². The van der Waals surface area contributed by atoms with E-state index in [1.54, 1.807) is 30.3 Å². The Morgan fingerprint density at radius 2 is 1.70 bits per heavy atom. The first-order chi connectivity index (χ1) is 21.8. The molecule has 0 bridgehead atoms. The molecule has 46 heavy (non-hydrogen) atoms. The Hall–Kier alpha value is -4.09. The van der Waals surface area contributed by atoms with Crippen LogP contribution in [-0.4, -0.2) is 29.1 Å². The third-order valence-electron chi connectivity index (χ3n) is 8.29. The molecule has 0 spiro atoms. The number of carbonyl (C=O) groups is 2. The van der Waals surface area contributed by atoms with Gasteiger partial charge in [-0.15, -0.1) is 11.8 Å². The van der Waals surface area contributed by atoms with Crippen molar-refractivity contribution in [2.24, 2.45) is 5.73 Å². The number of hydrogen-bond donors (Lipinski definition) is 1. The van der Waals surface area contributed by atoms with Gasteiger partial charge in [0.1, 0.15) is 17.4 Å². The Morgan fingerprint density at radius 1 is 1.00 bits per heavy atom. The minimum absolute atomic E-state index is 0.0300. The van der Waals surface area contributed by atoms with Crippen molar-refractivity contribution in [1.82, 2.24) is 4.90 Å². The van der Waals surface area contributed by atoms with Gasteiger partial charge < -0.3 is 15.4 Å². The molecule has 2 amide bonds. The van der Waals surface area contributed by atoms with Crippen molar-refractivity contribution in [1.29, 1.82) is 0 Å². The van der Waals surface area contributed by atoms with Gasteiger partial charge in [0, 0.05) is 38.4 Å². The van der Waals surface area contributed by atoms with E-state index in [4.69, 9.17) is 22.1 Å². The zero-order valence-corrected chi connectivity index (χ0v) is 25.8. The highest BCUT2D eigenvalue weighted by molar-refractivity contribution is 8.00. The lowest BCUT2D eigenvalue weighted by Crippen LogP contribution is -2.28. The molecular formula is C34H26ClF5N2O3S. The second kappa shape index (κ2) is 12.3. The number of amides is 2. The Balaban J connectivity index is 1.67. The molecule has 2 N–H and O–H groups in total. The number of hydrogen-bond acceptors (Lipinski definition) is 4. The van der Waals surface area contributed by atoms with Gasteiger partial charge in [0.05, 0.1) is 24.3 Å². The molecule has 1 aliphatic carbocycles. The molecular weight excluding hydrogens is 647 g/mol.